The third-order valence-electron chi connectivity index (χ3n) is 4.50. The zero-order valence-corrected chi connectivity index (χ0v) is 17.0. The lowest BCUT2D eigenvalue weighted by atomic mass is 10.2. The largest absolute Gasteiger partial charge is 0.494 e. The van der Waals surface area contributed by atoms with Gasteiger partial charge in [-0.2, -0.15) is 4.31 Å². The number of aryl methyl sites for hydroxylation is 1. The fraction of sp³-hybridized carbons (Fsp3) is 0.368. The number of carbonyl (C=O) groups excluding carboxylic acids is 2. The summed E-state index contributed by atoms with van der Waals surface area (Å²) in [6.07, 6.45) is 1.61. The number of nitrogens with zero attached hydrogens (tertiary/aromatic N) is 1. The molecule has 29 heavy (non-hydrogen) atoms. The zero-order chi connectivity index (χ0) is 21.0. The van der Waals surface area contributed by atoms with Crippen LogP contribution in [0.4, 0.5) is 0 Å². The molecule has 1 saturated heterocycles. The first kappa shape index (κ1) is 20.9. The van der Waals surface area contributed by atoms with E-state index in [9.17, 15) is 18.0 Å². The van der Waals surface area contributed by atoms with Gasteiger partial charge in [0.25, 0.3) is 5.91 Å². The van der Waals surface area contributed by atoms with Crippen molar-refractivity contribution >= 4 is 21.8 Å². The van der Waals surface area contributed by atoms with Gasteiger partial charge in [-0.25, -0.2) is 8.42 Å². The van der Waals surface area contributed by atoms with Gasteiger partial charge in [0.2, 0.25) is 10.0 Å². The molecule has 2 N–H and O–H groups in total. The van der Waals surface area contributed by atoms with Crippen LogP contribution in [0.1, 0.15) is 46.4 Å². The molecule has 1 aromatic carbocycles. The summed E-state index contributed by atoms with van der Waals surface area (Å²) in [5, 5.41) is 0. The van der Waals surface area contributed by atoms with Crippen LogP contribution in [-0.4, -0.2) is 44.2 Å². The Morgan fingerprint density at radius 2 is 1.72 bits per heavy atom. The highest BCUT2D eigenvalue weighted by molar-refractivity contribution is 7.89. The first-order chi connectivity index (χ1) is 13.8. The number of ether oxygens (including phenoxy) is 1. The van der Waals surface area contributed by atoms with Crippen molar-refractivity contribution in [2.45, 2.75) is 31.6 Å². The van der Waals surface area contributed by atoms with Crippen molar-refractivity contribution in [3.8, 4) is 5.75 Å². The number of benzene rings is 1. The lowest BCUT2D eigenvalue weighted by Crippen LogP contribution is -2.41. The van der Waals surface area contributed by atoms with Crippen molar-refractivity contribution < 1.29 is 27.2 Å². The topological polar surface area (TPSA) is 118 Å². The lowest BCUT2D eigenvalue weighted by molar-refractivity contribution is 0.0830. The molecular weight excluding hydrogens is 398 g/mol. The maximum atomic E-state index is 12.7. The predicted octanol–water partition coefficient (Wildman–Crippen LogP) is 1.85. The molecule has 0 unspecified atom stereocenters. The highest BCUT2D eigenvalue weighted by atomic mass is 32.2. The van der Waals surface area contributed by atoms with Crippen molar-refractivity contribution in [1.29, 1.82) is 0 Å². The number of hydrogen-bond acceptors (Lipinski definition) is 6. The molecule has 1 fully saturated rings. The van der Waals surface area contributed by atoms with Gasteiger partial charge >= 0.3 is 5.91 Å². The van der Waals surface area contributed by atoms with E-state index in [0.717, 1.165) is 12.8 Å². The van der Waals surface area contributed by atoms with Gasteiger partial charge in [-0.05, 0) is 51.0 Å². The number of sulfonamides is 1. The van der Waals surface area contributed by atoms with Crippen LogP contribution in [0.3, 0.4) is 0 Å². The third kappa shape index (κ3) is 4.60. The van der Waals surface area contributed by atoms with Crippen molar-refractivity contribution in [3.63, 3.8) is 0 Å². The summed E-state index contributed by atoms with van der Waals surface area (Å²) in [5.74, 6) is -0.733. The van der Waals surface area contributed by atoms with E-state index in [2.05, 4.69) is 10.9 Å². The molecule has 2 aromatic rings. The average molecular weight is 421 g/mol. The van der Waals surface area contributed by atoms with Crippen LogP contribution in [0.15, 0.2) is 39.6 Å². The molecule has 2 heterocycles. The molecule has 10 heteroatoms. The van der Waals surface area contributed by atoms with E-state index >= 15 is 0 Å². The Kier molecular flexibility index (Phi) is 6.23. The smallest absolute Gasteiger partial charge is 0.305 e. The van der Waals surface area contributed by atoms with Crippen LogP contribution in [0.25, 0.3) is 0 Å². The van der Waals surface area contributed by atoms with Crippen LogP contribution in [0.5, 0.6) is 5.75 Å². The molecule has 1 aliphatic heterocycles. The van der Waals surface area contributed by atoms with E-state index in [1.165, 1.54) is 17.3 Å². The number of rotatable bonds is 6. The molecule has 1 aromatic heterocycles. The number of nitrogens with one attached hydrogen (secondary N) is 2. The first-order valence-corrected chi connectivity index (χ1v) is 10.7. The zero-order valence-electron chi connectivity index (χ0n) is 16.2. The second-order valence-corrected chi connectivity index (χ2v) is 8.41. The second kappa shape index (κ2) is 8.66. The molecule has 0 atom stereocenters. The normalized spacial score (nSPS) is 14.6. The van der Waals surface area contributed by atoms with Crippen molar-refractivity contribution in [2.24, 2.45) is 0 Å². The molecular formula is C19H23N3O6S. The first-order valence-electron chi connectivity index (χ1n) is 9.27. The minimum atomic E-state index is -3.70. The van der Waals surface area contributed by atoms with E-state index in [1.807, 2.05) is 6.92 Å². The van der Waals surface area contributed by atoms with Gasteiger partial charge in [0, 0.05) is 24.7 Å². The standard InChI is InChI=1S/C19H23N3O6S/c1-3-27-15-8-6-14(7-9-15)18(23)20-21-19(24)16-12-17(13(2)28-16)29(25,26)22-10-4-5-11-22/h6-9,12H,3-5,10-11H2,1-2H3,(H,20,23)(H,21,24). The third-order valence-corrected chi connectivity index (χ3v) is 6.50. The summed E-state index contributed by atoms with van der Waals surface area (Å²) in [4.78, 5) is 24.4. The molecule has 0 aliphatic carbocycles. The van der Waals surface area contributed by atoms with Gasteiger partial charge < -0.3 is 9.15 Å². The van der Waals surface area contributed by atoms with E-state index in [-0.39, 0.29) is 16.4 Å². The maximum Gasteiger partial charge on any atom is 0.305 e. The van der Waals surface area contributed by atoms with E-state index in [1.54, 1.807) is 24.3 Å². The second-order valence-electron chi connectivity index (χ2n) is 6.51. The molecule has 0 radical (unpaired) electrons. The number of hydrazine groups is 1. The molecule has 9 nitrogen and oxygen atoms in total. The summed E-state index contributed by atoms with van der Waals surface area (Å²) in [7, 11) is -3.70. The Labute approximate surface area is 169 Å². The van der Waals surface area contributed by atoms with E-state index < -0.39 is 21.8 Å². The Bertz CT molecular complexity index is 991. The predicted molar refractivity (Wildman–Crippen MR) is 104 cm³/mol. The summed E-state index contributed by atoms with van der Waals surface area (Å²) in [5.41, 5.74) is 4.82. The average Bonchev–Trinajstić information content (AvgIpc) is 3.37. The van der Waals surface area contributed by atoms with E-state index in [0.29, 0.717) is 31.0 Å². The van der Waals surface area contributed by atoms with Gasteiger partial charge in [0.15, 0.2) is 5.76 Å². The molecule has 1 aliphatic rings. The van der Waals surface area contributed by atoms with Crippen molar-refractivity contribution in [1.82, 2.24) is 15.2 Å². The highest BCUT2D eigenvalue weighted by Crippen LogP contribution is 2.26. The molecule has 0 spiro atoms. The van der Waals surface area contributed by atoms with Gasteiger partial charge in [-0.15, -0.1) is 0 Å². The van der Waals surface area contributed by atoms with Gasteiger partial charge in [-0.1, -0.05) is 0 Å². The summed E-state index contributed by atoms with van der Waals surface area (Å²) >= 11 is 0. The van der Waals surface area contributed by atoms with Crippen LogP contribution in [-0.2, 0) is 10.0 Å². The summed E-state index contributed by atoms with van der Waals surface area (Å²) in [6, 6.07) is 7.59. The fourth-order valence-electron chi connectivity index (χ4n) is 3.02. The number of hydrogen-bond donors (Lipinski definition) is 2. The van der Waals surface area contributed by atoms with Gasteiger partial charge in [-0.3, -0.25) is 20.4 Å². The Morgan fingerprint density at radius 1 is 1.10 bits per heavy atom. The number of furan rings is 1. The number of carbonyl (C=O) groups is 2. The minimum absolute atomic E-state index is 0.0395. The Morgan fingerprint density at radius 3 is 2.34 bits per heavy atom. The highest BCUT2D eigenvalue weighted by Gasteiger charge is 2.31. The van der Waals surface area contributed by atoms with Crippen LogP contribution < -0.4 is 15.6 Å². The van der Waals surface area contributed by atoms with Crippen molar-refractivity contribution in [3.05, 3.63) is 47.4 Å². The Hall–Kier alpha value is -2.85. The van der Waals surface area contributed by atoms with Crippen LogP contribution in [0, 0.1) is 6.92 Å². The monoisotopic (exact) mass is 421 g/mol. The quantitative estimate of drug-likeness (QED) is 0.687. The SMILES string of the molecule is CCOc1ccc(C(=O)NNC(=O)c2cc(S(=O)(=O)N3CCCC3)c(C)o2)cc1. The molecule has 0 bridgehead atoms. The molecule has 3 rings (SSSR count). The summed E-state index contributed by atoms with van der Waals surface area (Å²) in [6.45, 7) is 4.76. The molecule has 0 saturated carbocycles. The molecule has 156 valence electrons. The fourth-order valence-corrected chi connectivity index (χ4v) is 4.70. The van der Waals surface area contributed by atoms with Crippen LogP contribution >= 0.6 is 0 Å². The Balaban J connectivity index is 1.64. The van der Waals surface area contributed by atoms with Gasteiger partial charge in [0.05, 0.1) is 6.61 Å². The lowest BCUT2D eigenvalue weighted by Gasteiger charge is -2.14. The summed E-state index contributed by atoms with van der Waals surface area (Å²) < 4.78 is 37.3. The van der Waals surface area contributed by atoms with Gasteiger partial charge in [0.1, 0.15) is 16.4 Å². The van der Waals surface area contributed by atoms with E-state index in [4.69, 9.17) is 9.15 Å². The maximum absolute atomic E-state index is 12.7. The van der Waals surface area contributed by atoms with Crippen molar-refractivity contribution in [2.75, 3.05) is 19.7 Å². The van der Waals surface area contributed by atoms with Crippen LogP contribution in [0.2, 0.25) is 0 Å². The number of amides is 2. The minimum Gasteiger partial charge on any atom is -0.494 e. The molecule has 2 amide bonds.